The third-order valence-electron chi connectivity index (χ3n) is 4.30. The van der Waals surface area contributed by atoms with Crippen molar-refractivity contribution >= 4 is 17.2 Å². The minimum Gasteiger partial charge on any atom is -0.316 e. The smallest absolute Gasteiger partial charge is 0.223 e. The average molecular weight is 343 g/mol. The van der Waals surface area contributed by atoms with Crippen molar-refractivity contribution in [2.75, 3.05) is 11.9 Å². The lowest BCUT2D eigenvalue weighted by atomic mass is 10.1. The molecule has 1 amide bonds. The van der Waals surface area contributed by atoms with Crippen molar-refractivity contribution in [3.63, 3.8) is 0 Å². The Labute approximate surface area is 150 Å². The van der Waals surface area contributed by atoms with E-state index in [9.17, 15) is 4.79 Å². The van der Waals surface area contributed by atoms with Gasteiger partial charge in [-0.05, 0) is 24.3 Å². The Kier molecular flexibility index (Phi) is 3.93. The zero-order valence-electron chi connectivity index (χ0n) is 14.5. The van der Waals surface area contributed by atoms with Gasteiger partial charge >= 0.3 is 0 Å². The maximum atomic E-state index is 11.6. The van der Waals surface area contributed by atoms with Crippen LogP contribution in [0, 0.1) is 0 Å². The van der Waals surface area contributed by atoms with Gasteiger partial charge in [0.15, 0.2) is 11.5 Å². The third kappa shape index (κ3) is 2.82. The zero-order valence-corrected chi connectivity index (χ0v) is 14.5. The summed E-state index contributed by atoms with van der Waals surface area (Å²) in [7, 11) is 1.75. The second kappa shape index (κ2) is 6.40. The summed E-state index contributed by atoms with van der Waals surface area (Å²) in [5.74, 6) is 0.606. The van der Waals surface area contributed by atoms with Crippen LogP contribution < -0.4 is 4.90 Å². The zero-order chi connectivity index (χ0) is 18.1. The number of carbonyl (C=O) groups is 1. The van der Waals surface area contributed by atoms with Crippen molar-refractivity contribution in [2.24, 2.45) is 0 Å². The summed E-state index contributed by atoms with van der Waals surface area (Å²) in [6.45, 7) is 1.53. The first-order chi connectivity index (χ1) is 12.6. The van der Waals surface area contributed by atoms with E-state index in [1.165, 1.54) is 6.92 Å². The maximum absolute atomic E-state index is 11.6. The van der Waals surface area contributed by atoms with Gasteiger partial charge in [0, 0.05) is 30.8 Å². The monoisotopic (exact) mass is 343 g/mol. The quantitative estimate of drug-likeness (QED) is 0.572. The molecule has 26 heavy (non-hydrogen) atoms. The van der Waals surface area contributed by atoms with Crippen molar-refractivity contribution in [3.05, 3.63) is 66.7 Å². The van der Waals surface area contributed by atoms with Gasteiger partial charge in [0.2, 0.25) is 5.91 Å². The number of anilines is 1. The highest BCUT2D eigenvalue weighted by molar-refractivity contribution is 5.91. The van der Waals surface area contributed by atoms with Crippen LogP contribution in [0.1, 0.15) is 6.92 Å². The van der Waals surface area contributed by atoms with Gasteiger partial charge < -0.3 is 4.90 Å². The fraction of sp³-hybridized carbons (Fsp3) is 0.100. The van der Waals surface area contributed by atoms with Gasteiger partial charge in [-0.15, -0.1) is 10.2 Å². The molecule has 2 aromatic carbocycles. The number of aromatic nitrogens is 4. The van der Waals surface area contributed by atoms with Crippen LogP contribution in [-0.2, 0) is 4.79 Å². The van der Waals surface area contributed by atoms with E-state index in [0.29, 0.717) is 11.5 Å². The maximum Gasteiger partial charge on any atom is 0.223 e. The van der Waals surface area contributed by atoms with Gasteiger partial charge in [-0.2, -0.15) is 9.61 Å². The Morgan fingerprint density at radius 3 is 2.46 bits per heavy atom. The van der Waals surface area contributed by atoms with Crippen LogP contribution in [0.3, 0.4) is 0 Å². The van der Waals surface area contributed by atoms with E-state index < -0.39 is 0 Å². The molecule has 0 radical (unpaired) electrons. The molecule has 0 bridgehead atoms. The minimum atomic E-state index is -0.0299. The standard InChI is InChI=1S/C20H17N5O/c1-14(26)24(2)17-10-6-9-16(13-17)20-22-21-19-12-11-18(23-25(19)20)15-7-4-3-5-8-15/h3-13H,1-2H3. The van der Waals surface area contributed by atoms with Gasteiger partial charge in [0.25, 0.3) is 0 Å². The summed E-state index contributed by atoms with van der Waals surface area (Å²) in [6.07, 6.45) is 0. The number of hydrogen-bond donors (Lipinski definition) is 0. The topological polar surface area (TPSA) is 63.4 Å². The van der Waals surface area contributed by atoms with Crippen molar-refractivity contribution in [1.29, 1.82) is 0 Å². The van der Waals surface area contributed by atoms with E-state index in [-0.39, 0.29) is 5.91 Å². The first-order valence-electron chi connectivity index (χ1n) is 8.26. The fourth-order valence-corrected chi connectivity index (χ4v) is 2.77. The van der Waals surface area contributed by atoms with Crippen LogP contribution in [0.4, 0.5) is 5.69 Å². The van der Waals surface area contributed by atoms with Crippen LogP contribution in [-0.4, -0.2) is 32.8 Å². The van der Waals surface area contributed by atoms with Crippen LogP contribution in [0.5, 0.6) is 0 Å². The van der Waals surface area contributed by atoms with Crippen LogP contribution in [0.25, 0.3) is 28.3 Å². The Morgan fingerprint density at radius 2 is 1.69 bits per heavy atom. The summed E-state index contributed by atoms with van der Waals surface area (Å²) in [6, 6.07) is 21.4. The summed E-state index contributed by atoms with van der Waals surface area (Å²) >= 11 is 0. The Morgan fingerprint density at radius 1 is 0.923 bits per heavy atom. The summed E-state index contributed by atoms with van der Waals surface area (Å²) in [4.78, 5) is 13.2. The van der Waals surface area contributed by atoms with Crippen molar-refractivity contribution in [3.8, 4) is 22.6 Å². The number of hydrogen-bond acceptors (Lipinski definition) is 4. The molecule has 0 saturated carbocycles. The Balaban J connectivity index is 1.82. The lowest BCUT2D eigenvalue weighted by Crippen LogP contribution is -2.22. The number of fused-ring (bicyclic) bond motifs is 1. The van der Waals surface area contributed by atoms with E-state index in [1.807, 2.05) is 66.7 Å². The highest BCUT2D eigenvalue weighted by atomic mass is 16.2. The largest absolute Gasteiger partial charge is 0.316 e. The van der Waals surface area contributed by atoms with E-state index in [4.69, 9.17) is 5.10 Å². The number of benzene rings is 2. The van der Waals surface area contributed by atoms with Crippen molar-refractivity contribution in [1.82, 2.24) is 19.8 Å². The summed E-state index contributed by atoms with van der Waals surface area (Å²) < 4.78 is 1.73. The van der Waals surface area contributed by atoms with Gasteiger partial charge in [-0.25, -0.2) is 0 Å². The second-order valence-corrected chi connectivity index (χ2v) is 6.01. The second-order valence-electron chi connectivity index (χ2n) is 6.01. The molecule has 2 aromatic heterocycles. The molecule has 0 N–H and O–H groups in total. The molecule has 0 atom stereocenters. The molecular weight excluding hydrogens is 326 g/mol. The van der Waals surface area contributed by atoms with E-state index in [2.05, 4.69) is 10.2 Å². The summed E-state index contributed by atoms with van der Waals surface area (Å²) in [5, 5.41) is 13.2. The molecule has 0 saturated heterocycles. The predicted octanol–water partition coefficient (Wildman–Crippen LogP) is 3.44. The third-order valence-corrected chi connectivity index (χ3v) is 4.30. The molecule has 4 aromatic rings. The Hall–Kier alpha value is -3.54. The fourth-order valence-electron chi connectivity index (χ4n) is 2.77. The Bertz CT molecular complexity index is 1090. The minimum absolute atomic E-state index is 0.0299. The van der Waals surface area contributed by atoms with Crippen molar-refractivity contribution in [2.45, 2.75) is 6.92 Å². The highest BCUT2D eigenvalue weighted by Crippen LogP contribution is 2.24. The molecule has 0 spiro atoms. The number of rotatable bonds is 3. The molecule has 0 aliphatic carbocycles. The highest BCUT2D eigenvalue weighted by Gasteiger charge is 2.13. The molecule has 0 unspecified atom stereocenters. The molecule has 0 aliphatic rings. The number of carbonyl (C=O) groups excluding carboxylic acids is 1. The molecule has 6 nitrogen and oxygen atoms in total. The van der Waals surface area contributed by atoms with Gasteiger partial charge in [0.05, 0.1) is 5.69 Å². The molecule has 6 heteroatoms. The van der Waals surface area contributed by atoms with Crippen LogP contribution in [0.15, 0.2) is 66.7 Å². The van der Waals surface area contributed by atoms with Crippen molar-refractivity contribution < 1.29 is 4.79 Å². The average Bonchev–Trinajstić information content (AvgIpc) is 3.11. The number of nitrogens with zero attached hydrogens (tertiary/aromatic N) is 5. The first kappa shape index (κ1) is 16.0. The van der Waals surface area contributed by atoms with E-state index in [0.717, 1.165) is 22.5 Å². The summed E-state index contributed by atoms with van der Waals surface area (Å²) in [5.41, 5.74) is 4.19. The molecule has 128 valence electrons. The van der Waals surface area contributed by atoms with Crippen LogP contribution in [0.2, 0.25) is 0 Å². The molecule has 0 fully saturated rings. The van der Waals surface area contributed by atoms with Crippen LogP contribution >= 0.6 is 0 Å². The lowest BCUT2D eigenvalue weighted by molar-refractivity contribution is -0.116. The van der Waals surface area contributed by atoms with Gasteiger partial charge in [0.1, 0.15) is 0 Å². The molecular formula is C20H17N5O. The molecule has 0 aliphatic heterocycles. The first-order valence-corrected chi connectivity index (χ1v) is 8.26. The number of amides is 1. The molecule has 2 heterocycles. The normalized spacial score (nSPS) is 10.8. The van der Waals surface area contributed by atoms with E-state index in [1.54, 1.807) is 16.5 Å². The SMILES string of the molecule is CC(=O)N(C)c1cccc(-c2nnc3ccc(-c4ccccc4)nn23)c1. The lowest BCUT2D eigenvalue weighted by Gasteiger charge is -2.15. The van der Waals surface area contributed by atoms with Gasteiger partial charge in [-0.1, -0.05) is 42.5 Å². The molecule has 4 rings (SSSR count). The van der Waals surface area contributed by atoms with Gasteiger partial charge in [-0.3, -0.25) is 4.79 Å². The predicted molar refractivity (Wildman–Crippen MR) is 101 cm³/mol. The van der Waals surface area contributed by atoms with E-state index >= 15 is 0 Å².